The second kappa shape index (κ2) is 3.77. The zero-order chi connectivity index (χ0) is 11.0. The first-order chi connectivity index (χ1) is 7.08. The van der Waals surface area contributed by atoms with Gasteiger partial charge in [0.25, 0.3) is 0 Å². The summed E-state index contributed by atoms with van der Waals surface area (Å²) in [6.45, 7) is 2.05. The molecular formula is C11H12BrN3. The number of nitrogens with zero attached hydrogens (tertiary/aromatic N) is 3. The first-order valence-electron chi connectivity index (χ1n) is 4.68. The maximum absolute atomic E-state index is 4.57. The number of hydrogen-bond donors (Lipinski definition) is 0. The Balaban J connectivity index is 2.72. The summed E-state index contributed by atoms with van der Waals surface area (Å²) >= 11 is 3.40. The van der Waals surface area contributed by atoms with E-state index >= 15 is 0 Å². The highest BCUT2D eigenvalue weighted by atomic mass is 79.9. The zero-order valence-corrected chi connectivity index (χ0v) is 10.5. The van der Waals surface area contributed by atoms with Gasteiger partial charge in [-0.2, -0.15) is 0 Å². The predicted molar refractivity (Wildman–Crippen MR) is 66.3 cm³/mol. The van der Waals surface area contributed by atoms with E-state index in [0.29, 0.717) is 0 Å². The van der Waals surface area contributed by atoms with Crippen LogP contribution in [0.5, 0.6) is 0 Å². The summed E-state index contributed by atoms with van der Waals surface area (Å²) in [6, 6.07) is 4.04. The van der Waals surface area contributed by atoms with Crippen LogP contribution in [-0.4, -0.2) is 24.1 Å². The van der Waals surface area contributed by atoms with Gasteiger partial charge in [0.1, 0.15) is 5.82 Å². The first-order valence-corrected chi connectivity index (χ1v) is 5.47. The molecular weight excluding hydrogens is 254 g/mol. The van der Waals surface area contributed by atoms with E-state index in [9.17, 15) is 0 Å². The maximum atomic E-state index is 4.57. The Kier molecular flexibility index (Phi) is 2.61. The van der Waals surface area contributed by atoms with Gasteiger partial charge in [0.15, 0.2) is 0 Å². The molecule has 0 saturated carbocycles. The van der Waals surface area contributed by atoms with Gasteiger partial charge in [-0.3, -0.25) is 4.98 Å². The average molecular weight is 266 g/mol. The third-order valence-electron chi connectivity index (χ3n) is 2.22. The Hall–Kier alpha value is -1.16. The Morgan fingerprint density at radius 2 is 1.93 bits per heavy atom. The van der Waals surface area contributed by atoms with Crippen LogP contribution in [0.25, 0.3) is 11.0 Å². The molecule has 2 rings (SSSR count). The topological polar surface area (TPSA) is 29.0 Å². The second-order valence-electron chi connectivity index (χ2n) is 3.72. The minimum absolute atomic E-state index is 0.915. The number of halogens is 1. The van der Waals surface area contributed by atoms with Crippen LogP contribution >= 0.6 is 15.9 Å². The van der Waals surface area contributed by atoms with Crippen molar-refractivity contribution in [2.75, 3.05) is 19.0 Å². The molecule has 0 aliphatic heterocycles. The smallest absolute Gasteiger partial charge is 0.131 e. The number of hydrogen-bond acceptors (Lipinski definition) is 3. The number of aromatic nitrogens is 2. The molecule has 0 unspecified atom stereocenters. The van der Waals surface area contributed by atoms with Crippen LogP contribution in [-0.2, 0) is 0 Å². The lowest BCUT2D eigenvalue weighted by Crippen LogP contribution is -2.12. The van der Waals surface area contributed by atoms with Gasteiger partial charge in [0.2, 0.25) is 0 Å². The maximum Gasteiger partial charge on any atom is 0.131 e. The molecule has 0 bridgehead atoms. The molecule has 15 heavy (non-hydrogen) atoms. The highest BCUT2D eigenvalue weighted by molar-refractivity contribution is 9.10. The van der Waals surface area contributed by atoms with E-state index in [0.717, 1.165) is 26.9 Å². The summed E-state index contributed by atoms with van der Waals surface area (Å²) in [5, 5.41) is 0. The van der Waals surface area contributed by atoms with Crippen molar-refractivity contribution in [1.82, 2.24) is 9.97 Å². The molecule has 0 amide bonds. The number of fused-ring (bicyclic) bond motifs is 1. The van der Waals surface area contributed by atoms with E-state index in [-0.39, 0.29) is 0 Å². The molecule has 4 heteroatoms. The van der Waals surface area contributed by atoms with E-state index < -0.39 is 0 Å². The average Bonchev–Trinajstić information content (AvgIpc) is 2.17. The lowest BCUT2D eigenvalue weighted by atomic mass is 10.2. The summed E-state index contributed by atoms with van der Waals surface area (Å²) in [7, 11) is 3.99. The fraction of sp³-hybridized carbons (Fsp3) is 0.273. The van der Waals surface area contributed by atoms with Crippen LogP contribution in [0.4, 0.5) is 5.82 Å². The highest BCUT2D eigenvalue weighted by Crippen LogP contribution is 2.22. The molecule has 0 atom stereocenters. The van der Waals surface area contributed by atoms with Gasteiger partial charge in [-0.15, -0.1) is 0 Å². The molecule has 2 aromatic heterocycles. The fourth-order valence-corrected chi connectivity index (χ4v) is 1.88. The molecule has 0 spiro atoms. The van der Waals surface area contributed by atoms with Crippen LogP contribution in [0.3, 0.4) is 0 Å². The molecule has 0 saturated heterocycles. The SMILES string of the molecule is Cc1cc2ncc(Br)cc2nc1N(C)C. The summed E-state index contributed by atoms with van der Waals surface area (Å²) < 4.78 is 0.955. The second-order valence-corrected chi connectivity index (χ2v) is 4.63. The number of aryl methyl sites for hydroxylation is 1. The third-order valence-corrected chi connectivity index (χ3v) is 2.65. The van der Waals surface area contributed by atoms with Gasteiger partial charge < -0.3 is 4.90 Å². The van der Waals surface area contributed by atoms with Crippen molar-refractivity contribution >= 4 is 32.8 Å². The largest absolute Gasteiger partial charge is 0.363 e. The molecule has 2 heterocycles. The Morgan fingerprint density at radius 1 is 1.20 bits per heavy atom. The molecule has 2 aromatic rings. The Bertz CT molecular complexity index is 508. The van der Waals surface area contributed by atoms with Crippen LogP contribution in [0, 0.1) is 6.92 Å². The van der Waals surface area contributed by atoms with Crippen molar-refractivity contribution in [2.24, 2.45) is 0 Å². The molecule has 78 valence electrons. The third kappa shape index (κ3) is 1.95. The monoisotopic (exact) mass is 265 g/mol. The van der Waals surface area contributed by atoms with E-state index in [1.165, 1.54) is 0 Å². The number of anilines is 1. The predicted octanol–water partition coefficient (Wildman–Crippen LogP) is 2.77. The Morgan fingerprint density at radius 3 is 2.60 bits per heavy atom. The highest BCUT2D eigenvalue weighted by Gasteiger charge is 2.06. The summed E-state index contributed by atoms with van der Waals surface area (Å²) in [5.41, 5.74) is 2.99. The quantitative estimate of drug-likeness (QED) is 0.794. The summed E-state index contributed by atoms with van der Waals surface area (Å²) in [5.74, 6) is 0.988. The normalized spacial score (nSPS) is 10.7. The van der Waals surface area contributed by atoms with Crippen LogP contribution in [0.2, 0.25) is 0 Å². The van der Waals surface area contributed by atoms with E-state index in [1.807, 2.05) is 32.0 Å². The molecule has 0 radical (unpaired) electrons. The van der Waals surface area contributed by atoms with Crippen molar-refractivity contribution < 1.29 is 0 Å². The van der Waals surface area contributed by atoms with Crippen LogP contribution in [0.1, 0.15) is 5.56 Å². The fourth-order valence-electron chi connectivity index (χ4n) is 1.56. The summed E-state index contributed by atoms with van der Waals surface area (Å²) in [4.78, 5) is 10.9. The van der Waals surface area contributed by atoms with Gasteiger partial charge in [0, 0.05) is 24.8 Å². The molecule has 0 aromatic carbocycles. The van der Waals surface area contributed by atoms with Crippen LogP contribution < -0.4 is 4.90 Å². The van der Waals surface area contributed by atoms with Gasteiger partial charge in [-0.25, -0.2) is 4.98 Å². The molecule has 0 aliphatic rings. The zero-order valence-electron chi connectivity index (χ0n) is 8.95. The number of pyridine rings is 2. The molecule has 0 N–H and O–H groups in total. The standard InChI is InChI=1S/C11H12BrN3/c1-7-4-9-10(5-8(12)6-13-9)14-11(7)15(2)3/h4-6H,1-3H3. The summed E-state index contributed by atoms with van der Waals surface area (Å²) in [6.07, 6.45) is 1.79. The first kappa shape index (κ1) is 10.4. The van der Waals surface area contributed by atoms with Crippen molar-refractivity contribution in [3.8, 4) is 0 Å². The van der Waals surface area contributed by atoms with E-state index in [1.54, 1.807) is 6.20 Å². The van der Waals surface area contributed by atoms with Crippen molar-refractivity contribution in [2.45, 2.75) is 6.92 Å². The van der Waals surface area contributed by atoms with Gasteiger partial charge in [-0.05, 0) is 40.5 Å². The Labute approximate surface area is 97.3 Å². The van der Waals surface area contributed by atoms with Crippen LogP contribution in [0.15, 0.2) is 22.8 Å². The molecule has 0 aliphatic carbocycles. The minimum Gasteiger partial charge on any atom is -0.363 e. The van der Waals surface area contributed by atoms with Crippen molar-refractivity contribution in [3.63, 3.8) is 0 Å². The molecule has 3 nitrogen and oxygen atoms in total. The molecule has 0 fully saturated rings. The minimum atomic E-state index is 0.915. The number of rotatable bonds is 1. The van der Waals surface area contributed by atoms with Crippen molar-refractivity contribution in [3.05, 3.63) is 28.4 Å². The van der Waals surface area contributed by atoms with Gasteiger partial charge in [-0.1, -0.05) is 0 Å². The van der Waals surface area contributed by atoms with Gasteiger partial charge >= 0.3 is 0 Å². The van der Waals surface area contributed by atoms with E-state index in [2.05, 4.69) is 32.0 Å². The lowest BCUT2D eigenvalue weighted by molar-refractivity contribution is 1.06. The lowest BCUT2D eigenvalue weighted by Gasteiger charge is -2.14. The van der Waals surface area contributed by atoms with Gasteiger partial charge in [0.05, 0.1) is 11.0 Å². The van der Waals surface area contributed by atoms with E-state index in [4.69, 9.17) is 0 Å². The van der Waals surface area contributed by atoms with Crippen molar-refractivity contribution in [1.29, 1.82) is 0 Å².